The molecule has 19 heavy (non-hydrogen) atoms. The number of amides is 1. The quantitative estimate of drug-likeness (QED) is 0.860. The van der Waals surface area contributed by atoms with E-state index in [1.807, 2.05) is 6.92 Å². The van der Waals surface area contributed by atoms with E-state index in [1.54, 1.807) is 25.2 Å². The van der Waals surface area contributed by atoms with Gasteiger partial charge >= 0.3 is 0 Å². The van der Waals surface area contributed by atoms with Gasteiger partial charge in [0.15, 0.2) is 0 Å². The number of rotatable bonds is 6. The van der Waals surface area contributed by atoms with Crippen molar-refractivity contribution in [2.75, 3.05) is 7.05 Å². The van der Waals surface area contributed by atoms with E-state index in [1.165, 1.54) is 11.0 Å². The zero-order valence-corrected chi connectivity index (χ0v) is 11.9. The van der Waals surface area contributed by atoms with Gasteiger partial charge in [-0.3, -0.25) is 4.79 Å². The molecule has 0 aliphatic heterocycles. The van der Waals surface area contributed by atoms with Gasteiger partial charge in [-0.05, 0) is 19.4 Å². The molecule has 0 heterocycles. The zero-order valence-electron chi connectivity index (χ0n) is 11.9. The molecule has 0 fully saturated rings. The average Bonchev–Trinajstić information content (AvgIpc) is 2.42. The van der Waals surface area contributed by atoms with Crippen molar-refractivity contribution < 1.29 is 9.18 Å². The molecule has 0 radical (unpaired) electrons. The van der Waals surface area contributed by atoms with Gasteiger partial charge in [-0.2, -0.15) is 0 Å². The summed E-state index contributed by atoms with van der Waals surface area (Å²) in [7, 11) is 1.67. The van der Waals surface area contributed by atoms with E-state index in [0.29, 0.717) is 12.0 Å². The first-order valence-electron chi connectivity index (χ1n) is 6.75. The first-order valence-corrected chi connectivity index (χ1v) is 6.75. The van der Waals surface area contributed by atoms with Gasteiger partial charge < -0.3 is 10.6 Å². The smallest absolute Gasteiger partial charge is 0.239 e. The Bertz CT molecular complexity index is 422. The summed E-state index contributed by atoms with van der Waals surface area (Å²) in [4.78, 5) is 13.7. The highest BCUT2D eigenvalue weighted by Gasteiger charge is 2.23. The van der Waals surface area contributed by atoms with Crippen LogP contribution in [0.4, 0.5) is 4.39 Å². The van der Waals surface area contributed by atoms with E-state index in [2.05, 4.69) is 6.92 Å². The molecule has 106 valence electrons. The minimum absolute atomic E-state index is 0.135. The summed E-state index contributed by atoms with van der Waals surface area (Å²) in [6.07, 6.45) is 2.60. The molecule has 1 unspecified atom stereocenters. The first-order chi connectivity index (χ1) is 8.99. The van der Waals surface area contributed by atoms with Crippen molar-refractivity contribution in [1.82, 2.24) is 4.90 Å². The Morgan fingerprint density at radius 1 is 1.42 bits per heavy atom. The minimum Gasteiger partial charge on any atom is -0.338 e. The van der Waals surface area contributed by atoms with Crippen LogP contribution >= 0.6 is 0 Å². The Kier molecular flexibility index (Phi) is 5.96. The lowest BCUT2D eigenvalue weighted by atomic mass is 10.0. The molecule has 0 aliphatic rings. The first kappa shape index (κ1) is 15.6. The highest BCUT2D eigenvalue weighted by atomic mass is 19.1. The summed E-state index contributed by atoms with van der Waals surface area (Å²) in [5, 5.41) is 0. The monoisotopic (exact) mass is 266 g/mol. The van der Waals surface area contributed by atoms with Gasteiger partial charge in [0.2, 0.25) is 5.91 Å². The van der Waals surface area contributed by atoms with Crippen LogP contribution in [0, 0.1) is 5.82 Å². The number of nitrogens with zero attached hydrogens (tertiary/aromatic N) is 1. The fourth-order valence-corrected chi connectivity index (χ4v) is 2.02. The van der Waals surface area contributed by atoms with E-state index >= 15 is 0 Å². The van der Waals surface area contributed by atoms with Crippen LogP contribution in [-0.4, -0.2) is 23.9 Å². The van der Waals surface area contributed by atoms with Crippen molar-refractivity contribution in [2.45, 2.75) is 45.2 Å². The van der Waals surface area contributed by atoms with Gasteiger partial charge in [-0.1, -0.05) is 38.0 Å². The summed E-state index contributed by atoms with van der Waals surface area (Å²) in [5.41, 5.74) is 6.39. The van der Waals surface area contributed by atoms with Gasteiger partial charge in [-0.25, -0.2) is 4.39 Å². The second-order valence-electron chi connectivity index (χ2n) is 4.90. The molecule has 4 heteroatoms. The molecule has 0 spiro atoms. The molecule has 1 amide bonds. The molecule has 3 nitrogen and oxygen atoms in total. The van der Waals surface area contributed by atoms with Gasteiger partial charge in [0, 0.05) is 12.6 Å². The summed E-state index contributed by atoms with van der Waals surface area (Å²) in [6, 6.07) is 5.69. The van der Waals surface area contributed by atoms with Crippen LogP contribution < -0.4 is 5.73 Å². The Labute approximate surface area is 114 Å². The highest BCUT2D eigenvalue weighted by molar-refractivity contribution is 5.81. The van der Waals surface area contributed by atoms with E-state index in [4.69, 9.17) is 5.73 Å². The molecule has 1 rings (SSSR count). The third-order valence-electron chi connectivity index (χ3n) is 3.47. The van der Waals surface area contributed by atoms with Crippen LogP contribution in [0.25, 0.3) is 0 Å². The maximum atomic E-state index is 13.7. The number of nitrogens with two attached hydrogens (primary N) is 1. The van der Waals surface area contributed by atoms with E-state index in [-0.39, 0.29) is 17.8 Å². The maximum Gasteiger partial charge on any atom is 0.239 e. The lowest BCUT2D eigenvalue weighted by Crippen LogP contribution is -2.42. The van der Waals surface area contributed by atoms with Crippen LogP contribution in [0.15, 0.2) is 24.3 Å². The molecule has 0 aliphatic carbocycles. The average molecular weight is 266 g/mol. The van der Waals surface area contributed by atoms with Crippen LogP contribution in [0.2, 0.25) is 0 Å². The number of likely N-dealkylation sites (N-methyl/N-ethyl adjacent to an activating group) is 1. The summed E-state index contributed by atoms with van der Waals surface area (Å²) < 4.78 is 13.7. The predicted molar refractivity (Wildman–Crippen MR) is 75.1 cm³/mol. The Balaban J connectivity index is 2.74. The molecule has 0 saturated carbocycles. The van der Waals surface area contributed by atoms with Gasteiger partial charge in [0.05, 0.1) is 12.1 Å². The number of unbranched alkanes of at least 4 members (excludes halogenated alkanes) is 1. The third kappa shape index (κ3) is 4.03. The van der Waals surface area contributed by atoms with Crippen LogP contribution in [0.3, 0.4) is 0 Å². The van der Waals surface area contributed by atoms with Crippen molar-refractivity contribution in [1.29, 1.82) is 0 Å². The lowest BCUT2D eigenvalue weighted by Gasteiger charge is -2.28. The summed E-state index contributed by atoms with van der Waals surface area (Å²) >= 11 is 0. The molecule has 1 aromatic carbocycles. The van der Waals surface area contributed by atoms with Crippen LogP contribution in [0.1, 0.15) is 44.7 Å². The van der Waals surface area contributed by atoms with Crippen molar-refractivity contribution in [3.05, 3.63) is 35.6 Å². The number of carbonyl (C=O) groups excluding carboxylic acids is 1. The lowest BCUT2D eigenvalue weighted by molar-refractivity contribution is -0.133. The van der Waals surface area contributed by atoms with E-state index < -0.39 is 6.04 Å². The normalized spacial score (nSPS) is 13.9. The number of halogens is 1. The molecular formula is C15H23FN2O. The minimum atomic E-state index is -0.501. The Hall–Kier alpha value is -1.42. The van der Waals surface area contributed by atoms with E-state index in [0.717, 1.165) is 12.8 Å². The number of carbonyl (C=O) groups is 1. The molecule has 1 aromatic rings. The van der Waals surface area contributed by atoms with Crippen molar-refractivity contribution in [3.8, 4) is 0 Å². The fraction of sp³-hybridized carbons (Fsp3) is 0.533. The Morgan fingerprint density at radius 3 is 2.63 bits per heavy atom. The molecule has 2 atom stereocenters. The number of benzene rings is 1. The molecule has 0 aromatic heterocycles. The zero-order chi connectivity index (χ0) is 14.4. The molecular weight excluding hydrogens is 243 g/mol. The van der Waals surface area contributed by atoms with Crippen LogP contribution in [-0.2, 0) is 4.79 Å². The van der Waals surface area contributed by atoms with Crippen molar-refractivity contribution in [3.63, 3.8) is 0 Å². The maximum absolute atomic E-state index is 13.7. The second kappa shape index (κ2) is 7.24. The summed E-state index contributed by atoms with van der Waals surface area (Å²) in [6.45, 7) is 3.87. The van der Waals surface area contributed by atoms with Crippen molar-refractivity contribution in [2.24, 2.45) is 5.73 Å². The summed E-state index contributed by atoms with van der Waals surface area (Å²) in [5.74, 6) is -0.430. The van der Waals surface area contributed by atoms with Gasteiger partial charge in [0.25, 0.3) is 0 Å². The standard InChI is InChI=1S/C15H23FN2O/c1-4-5-10-14(17)15(19)18(3)11(2)12-8-6-7-9-13(12)16/h6-9,11,14H,4-5,10,17H2,1-3H3/t11?,14-/m0/s1. The predicted octanol–water partition coefficient (Wildman–Crippen LogP) is 2.86. The van der Waals surface area contributed by atoms with Crippen LogP contribution in [0.5, 0.6) is 0 Å². The van der Waals surface area contributed by atoms with E-state index in [9.17, 15) is 9.18 Å². The highest BCUT2D eigenvalue weighted by Crippen LogP contribution is 2.22. The number of hydrogen-bond donors (Lipinski definition) is 1. The Morgan fingerprint density at radius 2 is 2.05 bits per heavy atom. The van der Waals surface area contributed by atoms with Crippen molar-refractivity contribution >= 4 is 5.91 Å². The molecule has 0 bridgehead atoms. The largest absolute Gasteiger partial charge is 0.338 e. The second-order valence-corrected chi connectivity index (χ2v) is 4.90. The molecule has 0 saturated heterocycles. The topological polar surface area (TPSA) is 46.3 Å². The van der Waals surface area contributed by atoms with Gasteiger partial charge in [-0.15, -0.1) is 0 Å². The third-order valence-corrected chi connectivity index (χ3v) is 3.47. The van der Waals surface area contributed by atoms with Gasteiger partial charge in [0.1, 0.15) is 5.82 Å². The molecule has 2 N–H and O–H groups in total. The number of hydrogen-bond acceptors (Lipinski definition) is 2. The fourth-order valence-electron chi connectivity index (χ4n) is 2.02. The SMILES string of the molecule is CCCC[C@H](N)C(=O)N(C)C(C)c1ccccc1F.